The molecule has 1 aromatic rings. The van der Waals surface area contributed by atoms with Crippen molar-refractivity contribution in [3.8, 4) is 0 Å². The summed E-state index contributed by atoms with van der Waals surface area (Å²) in [6, 6.07) is 6.98. The van der Waals surface area contributed by atoms with E-state index in [9.17, 15) is 8.42 Å². The number of hydrogen-bond acceptors (Lipinski definition) is 3. The van der Waals surface area contributed by atoms with Crippen molar-refractivity contribution in [3.05, 3.63) is 29.8 Å². The number of sulfonamides is 1. The third-order valence-electron chi connectivity index (χ3n) is 3.77. The zero-order valence-electron chi connectivity index (χ0n) is 11.7. The van der Waals surface area contributed by atoms with Crippen molar-refractivity contribution in [1.82, 2.24) is 9.62 Å². The fourth-order valence-electron chi connectivity index (χ4n) is 2.44. The van der Waals surface area contributed by atoms with Crippen LogP contribution in [0.3, 0.4) is 0 Å². The minimum Gasteiger partial charge on any atom is -0.303 e. The summed E-state index contributed by atoms with van der Waals surface area (Å²) >= 11 is 3.35. The van der Waals surface area contributed by atoms with Crippen molar-refractivity contribution >= 4 is 26.0 Å². The number of likely N-dealkylation sites (tertiary alicyclic amines) is 1. The summed E-state index contributed by atoms with van der Waals surface area (Å²) in [7, 11) is -3.38. The highest BCUT2D eigenvalue weighted by atomic mass is 79.9. The Morgan fingerprint density at radius 2 is 2.05 bits per heavy atom. The Morgan fingerprint density at radius 3 is 2.60 bits per heavy atom. The largest absolute Gasteiger partial charge is 0.303 e. The van der Waals surface area contributed by atoms with Crippen molar-refractivity contribution in [2.24, 2.45) is 5.92 Å². The molecule has 0 aliphatic carbocycles. The molecule has 1 saturated heterocycles. The number of nitrogens with zero attached hydrogens (tertiary/aromatic N) is 1. The Bertz CT molecular complexity index is 531. The number of hydrogen-bond donors (Lipinski definition) is 1. The van der Waals surface area contributed by atoms with E-state index in [4.69, 9.17) is 0 Å². The topological polar surface area (TPSA) is 49.4 Å². The predicted octanol–water partition coefficient (Wildman–Crippen LogP) is 2.20. The highest BCUT2D eigenvalue weighted by Crippen LogP contribution is 2.17. The smallest absolute Gasteiger partial charge is 0.240 e. The monoisotopic (exact) mass is 360 g/mol. The van der Waals surface area contributed by atoms with Crippen molar-refractivity contribution in [2.45, 2.75) is 23.6 Å². The van der Waals surface area contributed by atoms with Gasteiger partial charge in [-0.25, -0.2) is 13.1 Å². The summed E-state index contributed by atoms with van der Waals surface area (Å²) in [5, 5.41) is 0.732. The minimum atomic E-state index is -3.38. The molecule has 2 rings (SSSR count). The van der Waals surface area contributed by atoms with Gasteiger partial charge in [-0.2, -0.15) is 0 Å². The van der Waals surface area contributed by atoms with Crippen molar-refractivity contribution in [3.63, 3.8) is 0 Å². The van der Waals surface area contributed by atoms with Crippen LogP contribution in [0.5, 0.6) is 0 Å². The maximum atomic E-state index is 12.2. The van der Waals surface area contributed by atoms with Crippen LogP contribution in [0.4, 0.5) is 0 Å². The lowest BCUT2D eigenvalue weighted by Gasteiger charge is -2.14. The van der Waals surface area contributed by atoms with Crippen LogP contribution in [0.2, 0.25) is 0 Å². The van der Waals surface area contributed by atoms with Gasteiger partial charge in [0.1, 0.15) is 0 Å². The van der Waals surface area contributed by atoms with Crippen LogP contribution in [0.1, 0.15) is 18.9 Å². The Balaban J connectivity index is 1.93. The molecule has 112 valence electrons. The van der Waals surface area contributed by atoms with Crippen LogP contribution in [0.25, 0.3) is 0 Å². The lowest BCUT2D eigenvalue weighted by molar-refractivity contribution is 0.342. The van der Waals surface area contributed by atoms with E-state index in [-0.39, 0.29) is 0 Å². The second-order valence-electron chi connectivity index (χ2n) is 5.18. The molecule has 0 bridgehead atoms. The molecule has 0 spiro atoms. The van der Waals surface area contributed by atoms with Crippen LogP contribution in [-0.4, -0.2) is 39.5 Å². The van der Waals surface area contributed by atoms with Crippen molar-refractivity contribution in [1.29, 1.82) is 0 Å². The van der Waals surface area contributed by atoms with E-state index in [2.05, 4.69) is 32.5 Å². The summed E-state index contributed by atoms with van der Waals surface area (Å²) in [6.07, 6.45) is 1.07. The van der Waals surface area contributed by atoms with Gasteiger partial charge in [0.05, 0.1) is 4.90 Å². The average molecular weight is 361 g/mol. The zero-order valence-corrected chi connectivity index (χ0v) is 14.1. The summed E-state index contributed by atoms with van der Waals surface area (Å²) in [5.74, 6) is 0.423. The number of benzene rings is 1. The molecule has 20 heavy (non-hydrogen) atoms. The van der Waals surface area contributed by atoms with E-state index in [0.29, 0.717) is 17.4 Å². The zero-order chi connectivity index (χ0) is 14.6. The fourth-order valence-corrected chi connectivity index (χ4v) is 3.93. The Hall–Kier alpha value is -0.430. The molecule has 1 heterocycles. The first-order valence-electron chi connectivity index (χ1n) is 6.92. The second kappa shape index (κ2) is 7.02. The third-order valence-corrected chi connectivity index (χ3v) is 5.85. The van der Waals surface area contributed by atoms with Crippen LogP contribution in [0.15, 0.2) is 29.2 Å². The molecule has 4 nitrogen and oxygen atoms in total. The molecule has 1 aliphatic heterocycles. The van der Waals surface area contributed by atoms with Gasteiger partial charge in [-0.3, -0.25) is 0 Å². The lowest BCUT2D eigenvalue weighted by atomic mass is 10.1. The van der Waals surface area contributed by atoms with E-state index in [0.717, 1.165) is 36.9 Å². The molecule has 1 fully saturated rings. The highest BCUT2D eigenvalue weighted by Gasteiger charge is 2.23. The normalized spacial score (nSPS) is 20.4. The molecule has 1 atom stereocenters. The van der Waals surface area contributed by atoms with Gasteiger partial charge in [0, 0.05) is 18.4 Å². The summed E-state index contributed by atoms with van der Waals surface area (Å²) in [6.45, 7) is 5.76. The average Bonchev–Trinajstić information content (AvgIpc) is 2.93. The van der Waals surface area contributed by atoms with Gasteiger partial charge < -0.3 is 4.90 Å². The summed E-state index contributed by atoms with van der Waals surface area (Å²) < 4.78 is 27.1. The molecule has 0 saturated carbocycles. The van der Waals surface area contributed by atoms with E-state index < -0.39 is 10.0 Å². The van der Waals surface area contributed by atoms with Crippen molar-refractivity contribution in [2.75, 3.05) is 26.2 Å². The first kappa shape index (κ1) is 15.9. The maximum Gasteiger partial charge on any atom is 0.240 e. The molecular weight excluding hydrogens is 340 g/mol. The van der Waals surface area contributed by atoms with Gasteiger partial charge in [0.15, 0.2) is 0 Å². The number of alkyl halides is 1. The van der Waals surface area contributed by atoms with Crippen LogP contribution >= 0.6 is 15.9 Å². The van der Waals surface area contributed by atoms with Gasteiger partial charge in [0.25, 0.3) is 0 Å². The molecule has 1 N–H and O–H groups in total. The van der Waals surface area contributed by atoms with Gasteiger partial charge in [-0.1, -0.05) is 35.0 Å². The fraction of sp³-hybridized carbons (Fsp3) is 0.571. The molecule has 1 aliphatic rings. The van der Waals surface area contributed by atoms with E-state index in [1.165, 1.54) is 0 Å². The lowest BCUT2D eigenvalue weighted by Crippen LogP contribution is -2.31. The van der Waals surface area contributed by atoms with E-state index in [1.807, 2.05) is 12.1 Å². The van der Waals surface area contributed by atoms with Crippen LogP contribution in [-0.2, 0) is 15.4 Å². The van der Waals surface area contributed by atoms with Crippen LogP contribution < -0.4 is 4.72 Å². The van der Waals surface area contributed by atoms with Crippen LogP contribution in [0, 0.1) is 5.92 Å². The first-order valence-corrected chi connectivity index (χ1v) is 9.52. The maximum absolute atomic E-state index is 12.2. The molecule has 6 heteroatoms. The quantitative estimate of drug-likeness (QED) is 0.791. The SMILES string of the molecule is CCN1CCC(CNS(=O)(=O)c2ccc(CBr)cc2)C1. The molecule has 0 radical (unpaired) electrons. The van der Waals surface area contributed by atoms with Gasteiger partial charge in [-0.05, 0) is 43.1 Å². The van der Waals surface area contributed by atoms with Crippen molar-refractivity contribution < 1.29 is 8.42 Å². The van der Waals surface area contributed by atoms with E-state index in [1.54, 1.807) is 12.1 Å². The number of halogens is 1. The Labute approximate surface area is 129 Å². The molecule has 1 unspecified atom stereocenters. The third kappa shape index (κ3) is 4.04. The molecule has 1 aromatic carbocycles. The molecule has 0 amide bonds. The Morgan fingerprint density at radius 1 is 1.35 bits per heavy atom. The summed E-state index contributed by atoms with van der Waals surface area (Å²) in [5.41, 5.74) is 1.07. The standard InChI is InChI=1S/C14H21BrN2O2S/c1-2-17-8-7-13(11-17)10-16-20(18,19)14-5-3-12(9-15)4-6-14/h3-6,13,16H,2,7-11H2,1H3. The van der Waals surface area contributed by atoms with Gasteiger partial charge in [-0.15, -0.1) is 0 Å². The van der Waals surface area contributed by atoms with Gasteiger partial charge in [0.2, 0.25) is 10.0 Å². The molecular formula is C14H21BrN2O2S. The highest BCUT2D eigenvalue weighted by molar-refractivity contribution is 9.08. The van der Waals surface area contributed by atoms with E-state index >= 15 is 0 Å². The first-order chi connectivity index (χ1) is 9.55. The predicted molar refractivity (Wildman–Crippen MR) is 84.5 cm³/mol. The number of nitrogens with one attached hydrogen (secondary N) is 1. The molecule has 0 aromatic heterocycles. The number of rotatable bonds is 6. The summed E-state index contributed by atoms with van der Waals surface area (Å²) in [4.78, 5) is 2.69. The van der Waals surface area contributed by atoms with Gasteiger partial charge >= 0.3 is 0 Å². The second-order valence-corrected chi connectivity index (χ2v) is 7.51. The Kier molecular flexibility index (Phi) is 5.60. The minimum absolute atomic E-state index is 0.340.